The monoisotopic (exact) mass is 317 g/mol. The molecular formula is C17H19NO3S. The minimum Gasteiger partial charge on any atom is -0.453 e. The Morgan fingerprint density at radius 3 is 2.91 bits per heavy atom. The van der Waals surface area contributed by atoms with E-state index in [2.05, 4.69) is 12.1 Å². The molecule has 1 saturated heterocycles. The molecule has 2 heterocycles. The van der Waals surface area contributed by atoms with Gasteiger partial charge >= 0.3 is 0 Å². The summed E-state index contributed by atoms with van der Waals surface area (Å²) in [5, 5.41) is 0. The van der Waals surface area contributed by atoms with Gasteiger partial charge in [0.15, 0.2) is 5.76 Å². The van der Waals surface area contributed by atoms with Crippen LogP contribution in [-0.2, 0) is 11.3 Å². The van der Waals surface area contributed by atoms with E-state index in [1.54, 1.807) is 19.2 Å². The molecule has 1 amide bonds. The fourth-order valence-electron chi connectivity index (χ4n) is 2.65. The second kappa shape index (κ2) is 7.03. The number of methoxy groups -OCH3 is 1. The van der Waals surface area contributed by atoms with E-state index in [9.17, 15) is 4.79 Å². The average molecular weight is 317 g/mol. The maximum absolute atomic E-state index is 12.8. The summed E-state index contributed by atoms with van der Waals surface area (Å²) in [5.74, 6) is 2.90. The zero-order chi connectivity index (χ0) is 15.4. The van der Waals surface area contributed by atoms with Crippen LogP contribution in [0, 0.1) is 0 Å². The molecule has 0 saturated carbocycles. The summed E-state index contributed by atoms with van der Waals surface area (Å²) in [7, 11) is 1.61. The Hall–Kier alpha value is -1.72. The predicted molar refractivity (Wildman–Crippen MR) is 87.0 cm³/mol. The topological polar surface area (TPSA) is 42.7 Å². The normalized spacial score (nSPS) is 18.4. The first-order valence-corrected chi connectivity index (χ1v) is 8.46. The smallest absolute Gasteiger partial charge is 0.290 e. The zero-order valence-corrected chi connectivity index (χ0v) is 13.3. The third-order valence-electron chi connectivity index (χ3n) is 3.73. The molecule has 1 fully saturated rings. The Morgan fingerprint density at radius 2 is 2.14 bits per heavy atom. The van der Waals surface area contributed by atoms with Crippen molar-refractivity contribution in [1.29, 1.82) is 0 Å². The molecule has 0 radical (unpaired) electrons. The molecule has 0 spiro atoms. The highest BCUT2D eigenvalue weighted by atomic mass is 32.2. The largest absolute Gasteiger partial charge is 0.453 e. The van der Waals surface area contributed by atoms with Crippen molar-refractivity contribution in [3.8, 4) is 0 Å². The number of carbonyl (C=O) groups is 1. The van der Waals surface area contributed by atoms with Gasteiger partial charge in [0.1, 0.15) is 12.4 Å². The van der Waals surface area contributed by atoms with Gasteiger partial charge in [0, 0.05) is 25.2 Å². The number of ether oxygens (including phenoxy) is 1. The molecule has 1 aromatic carbocycles. The third kappa shape index (κ3) is 3.20. The lowest BCUT2D eigenvalue weighted by molar-refractivity contribution is 0.0661. The summed E-state index contributed by atoms with van der Waals surface area (Å²) in [4.78, 5) is 14.7. The molecule has 0 unspecified atom stereocenters. The van der Waals surface area contributed by atoms with Crippen LogP contribution in [0.3, 0.4) is 0 Å². The number of carbonyl (C=O) groups excluding carboxylic acids is 1. The van der Waals surface area contributed by atoms with E-state index >= 15 is 0 Å². The maximum atomic E-state index is 12.8. The van der Waals surface area contributed by atoms with Crippen LogP contribution in [0.4, 0.5) is 0 Å². The van der Waals surface area contributed by atoms with Gasteiger partial charge in [-0.2, -0.15) is 11.8 Å². The van der Waals surface area contributed by atoms with E-state index in [1.807, 2.05) is 34.9 Å². The highest BCUT2D eigenvalue weighted by Gasteiger charge is 2.30. The molecule has 0 aliphatic carbocycles. The quantitative estimate of drug-likeness (QED) is 0.867. The predicted octanol–water partition coefficient (Wildman–Crippen LogP) is 3.36. The summed E-state index contributed by atoms with van der Waals surface area (Å²) in [6.07, 6.45) is 0. The van der Waals surface area contributed by atoms with Crippen molar-refractivity contribution in [1.82, 2.24) is 4.90 Å². The van der Waals surface area contributed by atoms with Crippen LogP contribution in [0.25, 0.3) is 0 Å². The summed E-state index contributed by atoms with van der Waals surface area (Å²) in [6.45, 7) is 1.12. The SMILES string of the molecule is COCc1ccc(C(=O)N2CCSC[C@@H]2c2ccccc2)o1. The Balaban J connectivity index is 1.82. The Morgan fingerprint density at radius 1 is 1.32 bits per heavy atom. The van der Waals surface area contributed by atoms with E-state index in [-0.39, 0.29) is 11.9 Å². The van der Waals surface area contributed by atoms with E-state index in [0.717, 1.165) is 18.1 Å². The van der Waals surface area contributed by atoms with Crippen molar-refractivity contribution in [2.75, 3.05) is 25.2 Å². The summed E-state index contributed by atoms with van der Waals surface area (Å²) >= 11 is 1.88. The summed E-state index contributed by atoms with van der Waals surface area (Å²) in [5.41, 5.74) is 1.17. The molecule has 0 bridgehead atoms. The van der Waals surface area contributed by atoms with Gasteiger partial charge in [-0.15, -0.1) is 0 Å². The van der Waals surface area contributed by atoms with E-state index in [1.165, 1.54) is 5.56 Å². The fraction of sp³-hybridized carbons (Fsp3) is 0.353. The number of amides is 1. The van der Waals surface area contributed by atoms with E-state index in [4.69, 9.17) is 9.15 Å². The average Bonchev–Trinajstić information content (AvgIpc) is 3.04. The van der Waals surface area contributed by atoms with Gasteiger partial charge in [-0.25, -0.2) is 0 Å². The van der Waals surface area contributed by atoms with Gasteiger partial charge in [0.25, 0.3) is 5.91 Å². The van der Waals surface area contributed by atoms with Crippen LogP contribution in [0.15, 0.2) is 46.9 Å². The molecule has 1 aliphatic rings. The number of rotatable bonds is 4. The van der Waals surface area contributed by atoms with Crippen LogP contribution in [0.2, 0.25) is 0 Å². The van der Waals surface area contributed by atoms with Gasteiger partial charge in [-0.05, 0) is 17.7 Å². The number of nitrogens with zero attached hydrogens (tertiary/aromatic N) is 1. The van der Waals surface area contributed by atoms with E-state index < -0.39 is 0 Å². The van der Waals surface area contributed by atoms with Crippen molar-refractivity contribution in [2.45, 2.75) is 12.6 Å². The minimum absolute atomic E-state index is 0.0449. The minimum atomic E-state index is -0.0449. The standard InChI is InChI=1S/C17H19NO3S/c1-20-11-14-7-8-16(21-14)17(19)18-9-10-22-12-15(18)13-5-3-2-4-6-13/h2-8,15H,9-12H2,1H3/t15-/m1/s1. The molecule has 5 heteroatoms. The molecule has 22 heavy (non-hydrogen) atoms. The second-order valence-corrected chi connectivity index (χ2v) is 6.35. The van der Waals surface area contributed by atoms with Crippen LogP contribution < -0.4 is 0 Å². The number of benzene rings is 1. The van der Waals surface area contributed by atoms with Crippen LogP contribution in [-0.4, -0.2) is 36.0 Å². The van der Waals surface area contributed by atoms with Crippen molar-refractivity contribution in [3.63, 3.8) is 0 Å². The molecule has 1 atom stereocenters. The molecule has 4 nitrogen and oxygen atoms in total. The van der Waals surface area contributed by atoms with Gasteiger partial charge in [-0.1, -0.05) is 30.3 Å². The van der Waals surface area contributed by atoms with Gasteiger partial charge < -0.3 is 14.1 Å². The zero-order valence-electron chi connectivity index (χ0n) is 12.5. The second-order valence-electron chi connectivity index (χ2n) is 5.20. The number of hydrogen-bond acceptors (Lipinski definition) is 4. The first kappa shape index (κ1) is 15.2. The van der Waals surface area contributed by atoms with Crippen LogP contribution in [0.1, 0.15) is 27.9 Å². The van der Waals surface area contributed by atoms with Gasteiger partial charge in [0.05, 0.1) is 6.04 Å². The van der Waals surface area contributed by atoms with Crippen molar-refractivity contribution >= 4 is 17.7 Å². The van der Waals surface area contributed by atoms with Gasteiger partial charge in [0.2, 0.25) is 0 Å². The highest BCUT2D eigenvalue weighted by molar-refractivity contribution is 7.99. The Kier molecular flexibility index (Phi) is 4.85. The van der Waals surface area contributed by atoms with Crippen molar-refractivity contribution in [2.24, 2.45) is 0 Å². The third-order valence-corrected chi connectivity index (χ3v) is 4.76. The number of thioether (sulfide) groups is 1. The van der Waals surface area contributed by atoms with E-state index in [0.29, 0.717) is 18.1 Å². The summed E-state index contributed by atoms with van der Waals surface area (Å²) in [6, 6.07) is 13.8. The lowest BCUT2D eigenvalue weighted by Crippen LogP contribution is -2.40. The fourth-order valence-corrected chi connectivity index (χ4v) is 3.74. The lowest BCUT2D eigenvalue weighted by Gasteiger charge is -2.35. The first-order valence-electron chi connectivity index (χ1n) is 7.31. The molecule has 1 aromatic heterocycles. The maximum Gasteiger partial charge on any atom is 0.290 e. The van der Waals surface area contributed by atoms with Crippen LogP contribution in [0.5, 0.6) is 0 Å². The molecule has 2 aromatic rings. The molecule has 0 N–H and O–H groups in total. The first-order chi connectivity index (χ1) is 10.8. The van der Waals surface area contributed by atoms with Crippen molar-refractivity contribution < 1.29 is 13.9 Å². The number of hydrogen-bond donors (Lipinski definition) is 0. The molecular weight excluding hydrogens is 298 g/mol. The lowest BCUT2D eigenvalue weighted by atomic mass is 10.1. The molecule has 116 valence electrons. The molecule has 3 rings (SSSR count). The Labute approximate surface area is 134 Å². The van der Waals surface area contributed by atoms with Crippen molar-refractivity contribution in [3.05, 3.63) is 59.5 Å². The summed E-state index contributed by atoms with van der Waals surface area (Å²) < 4.78 is 10.6. The number of furan rings is 1. The Bertz CT molecular complexity index is 626. The van der Waals surface area contributed by atoms with Crippen LogP contribution >= 0.6 is 11.8 Å². The molecule has 1 aliphatic heterocycles. The highest BCUT2D eigenvalue weighted by Crippen LogP contribution is 2.31. The van der Waals surface area contributed by atoms with Gasteiger partial charge in [-0.3, -0.25) is 4.79 Å².